The van der Waals surface area contributed by atoms with Gasteiger partial charge < -0.3 is 0 Å². The zero-order valence-corrected chi connectivity index (χ0v) is 11.2. The first-order valence-corrected chi connectivity index (χ1v) is 6.56. The third-order valence-corrected chi connectivity index (χ3v) is 3.76. The Hall–Kier alpha value is -2.21. The van der Waals surface area contributed by atoms with E-state index in [0.717, 1.165) is 0 Å². The van der Waals surface area contributed by atoms with Crippen molar-refractivity contribution >= 4 is 17.7 Å². The van der Waals surface area contributed by atoms with Gasteiger partial charge in [0.25, 0.3) is 11.8 Å². The van der Waals surface area contributed by atoms with Crippen LogP contribution in [0, 0.1) is 0 Å². The van der Waals surface area contributed by atoms with E-state index in [1.807, 2.05) is 12.1 Å². The van der Waals surface area contributed by atoms with Crippen molar-refractivity contribution < 1.29 is 14.4 Å². The molecule has 6 heteroatoms. The molecule has 0 aromatic heterocycles. The minimum atomic E-state index is -0.278. The topological polar surface area (TPSA) is 60.9 Å². The number of carbonyl (C=O) groups excluding carboxylic acids is 3. The van der Waals surface area contributed by atoms with E-state index < -0.39 is 0 Å². The van der Waals surface area contributed by atoms with Crippen molar-refractivity contribution in [3.05, 3.63) is 35.4 Å². The Morgan fingerprint density at radius 2 is 1.60 bits per heavy atom. The lowest BCUT2D eigenvalue weighted by Crippen LogP contribution is -2.43. The molecule has 1 aromatic rings. The molecular weight excluding hydrogens is 258 g/mol. The maximum Gasteiger partial charge on any atom is 0.261 e. The lowest BCUT2D eigenvalue weighted by molar-refractivity contribution is -0.136. The average molecular weight is 273 g/mol. The molecule has 0 bridgehead atoms. The van der Waals surface area contributed by atoms with Gasteiger partial charge in [0.05, 0.1) is 17.7 Å². The summed E-state index contributed by atoms with van der Waals surface area (Å²) in [7, 11) is 1.83. The van der Waals surface area contributed by atoms with Gasteiger partial charge >= 0.3 is 0 Å². The summed E-state index contributed by atoms with van der Waals surface area (Å²) >= 11 is 0. The number of benzene rings is 1. The van der Waals surface area contributed by atoms with Gasteiger partial charge in [-0.3, -0.25) is 24.3 Å². The van der Waals surface area contributed by atoms with Gasteiger partial charge in [0.15, 0.2) is 0 Å². The van der Waals surface area contributed by atoms with Crippen LogP contribution >= 0.6 is 0 Å². The Bertz CT molecular complexity index is 564. The number of nitrogens with zero attached hydrogens (tertiary/aromatic N) is 3. The Kier molecular flexibility index (Phi) is 3.02. The van der Waals surface area contributed by atoms with Gasteiger partial charge in [0.2, 0.25) is 5.91 Å². The quantitative estimate of drug-likeness (QED) is 0.746. The molecule has 2 aliphatic rings. The monoisotopic (exact) mass is 273 g/mol. The second-order valence-corrected chi connectivity index (χ2v) is 4.96. The molecule has 1 fully saturated rings. The summed E-state index contributed by atoms with van der Waals surface area (Å²) in [5, 5.41) is 3.41. The van der Waals surface area contributed by atoms with Gasteiger partial charge in [-0.2, -0.15) is 0 Å². The molecule has 0 radical (unpaired) electrons. The summed E-state index contributed by atoms with van der Waals surface area (Å²) in [6.07, 6.45) is 0.485. The standard InChI is InChI=1S/C14H15N3O3/c1-15-7-6-12(18)17(15)9-8-16-13(19)10-4-2-3-5-11(10)14(16)20/h2-5H,6-9H2,1H3. The summed E-state index contributed by atoms with van der Waals surface area (Å²) in [5.74, 6) is -0.524. The summed E-state index contributed by atoms with van der Waals surface area (Å²) in [5.41, 5.74) is 0.886. The van der Waals surface area contributed by atoms with Gasteiger partial charge in [-0.05, 0) is 12.1 Å². The zero-order valence-electron chi connectivity index (χ0n) is 11.2. The van der Waals surface area contributed by atoms with Gasteiger partial charge in [-0.1, -0.05) is 12.1 Å². The molecule has 2 heterocycles. The second-order valence-electron chi connectivity index (χ2n) is 4.96. The van der Waals surface area contributed by atoms with E-state index in [0.29, 0.717) is 30.6 Å². The van der Waals surface area contributed by atoms with Crippen LogP contribution in [-0.2, 0) is 4.79 Å². The Labute approximate surface area is 116 Å². The predicted octanol–water partition coefficient (Wildman–Crippen LogP) is 0.362. The van der Waals surface area contributed by atoms with E-state index in [9.17, 15) is 14.4 Å². The number of hydrogen-bond acceptors (Lipinski definition) is 4. The number of imide groups is 1. The molecule has 20 heavy (non-hydrogen) atoms. The maximum absolute atomic E-state index is 12.2. The number of hydrazine groups is 1. The highest BCUT2D eigenvalue weighted by Gasteiger charge is 2.36. The fourth-order valence-electron chi connectivity index (χ4n) is 2.63. The Morgan fingerprint density at radius 1 is 1.00 bits per heavy atom. The van der Waals surface area contributed by atoms with Crippen LogP contribution in [0.4, 0.5) is 0 Å². The normalized spacial score (nSPS) is 19.1. The lowest BCUT2D eigenvalue weighted by Gasteiger charge is -2.25. The average Bonchev–Trinajstić information content (AvgIpc) is 2.89. The van der Waals surface area contributed by atoms with Gasteiger partial charge in [-0.25, -0.2) is 5.01 Å². The first kappa shape index (κ1) is 12.8. The number of rotatable bonds is 3. The molecule has 1 saturated heterocycles. The molecule has 0 spiro atoms. The van der Waals surface area contributed by atoms with E-state index >= 15 is 0 Å². The minimum absolute atomic E-state index is 0.0316. The Morgan fingerprint density at radius 3 is 2.10 bits per heavy atom. The van der Waals surface area contributed by atoms with Crippen LogP contribution in [0.1, 0.15) is 27.1 Å². The van der Waals surface area contributed by atoms with Crippen LogP contribution in [0.5, 0.6) is 0 Å². The molecule has 0 N–H and O–H groups in total. The fourth-order valence-corrected chi connectivity index (χ4v) is 2.63. The molecule has 0 unspecified atom stereocenters. The van der Waals surface area contributed by atoms with Crippen LogP contribution in [-0.4, -0.2) is 59.3 Å². The molecule has 104 valence electrons. The zero-order chi connectivity index (χ0) is 14.3. The largest absolute Gasteiger partial charge is 0.274 e. The van der Waals surface area contributed by atoms with Crippen molar-refractivity contribution in [3.8, 4) is 0 Å². The third kappa shape index (κ3) is 1.89. The van der Waals surface area contributed by atoms with Crippen molar-refractivity contribution in [2.45, 2.75) is 6.42 Å². The second kappa shape index (κ2) is 4.72. The van der Waals surface area contributed by atoms with Crippen molar-refractivity contribution in [2.75, 3.05) is 26.7 Å². The summed E-state index contributed by atoms with van der Waals surface area (Å²) in [4.78, 5) is 37.2. The number of carbonyl (C=O) groups is 3. The number of hydrogen-bond donors (Lipinski definition) is 0. The van der Waals surface area contributed by atoms with Crippen LogP contribution < -0.4 is 0 Å². The van der Waals surface area contributed by atoms with Crippen LogP contribution in [0.2, 0.25) is 0 Å². The molecule has 2 aliphatic heterocycles. The van der Waals surface area contributed by atoms with Crippen LogP contribution in [0.25, 0.3) is 0 Å². The number of amides is 3. The lowest BCUT2D eigenvalue weighted by atomic mass is 10.1. The van der Waals surface area contributed by atoms with E-state index in [1.165, 1.54) is 4.90 Å². The molecule has 0 atom stereocenters. The smallest absolute Gasteiger partial charge is 0.261 e. The molecule has 0 aliphatic carbocycles. The first-order valence-electron chi connectivity index (χ1n) is 6.56. The van der Waals surface area contributed by atoms with Crippen molar-refractivity contribution in [1.29, 1.82) is 0 Å². The van der Waals surface area contributed by atoms with Crippen molar-refractivity contribution in [1.82, 2.24) is 14.9 Å². The SMILES string of the molecule is CN1CCC(=O)N1CCN1C(=O)c2ccccc2C1=O. The fraction of sp³-hybridized carbons (Fsp3) is 0.357. The molecule has 6 nitrogen and oxygen atoms in total. The first-order chi connectivity index (χ1) is 9.59. The van der Waals surface area contributed by atoms with Gasteiger partial charge in [0.1, 0.15) is 0 Å². The predicted molar refractivity (Wildman–Crippen MR) is 70.8 cm³/mol. The molecule has 3 rings (SSSR count). The van der Waals surface area contributed by atoms with Crippen LogP contribution in [0.15, 0.2) is 24.3 Å². The minimum Gasteiger partial charge on any atom is -0.274 e. The summed E-state index contributed by atoms with van der Waals surface area (Å²) < 4.78 is 0. The van der Waals surface area contributed by atoms with Crippen molar-refractivity contribution in [3.63, 3.8) is 0 Å². The van der Waals surface area contributed by atoms with E-state index in [1.54, 1.807) is 29.3 Å². The van der Waals surface area contributed by atoms with E-state index in [2.05, 4.69) is 0 Å². The van der Waals surface area contributed by atoms with Gasteiger partial charge in [-0.15, -0.1) is 0 Å². The third-order valence-electron chi connectivity index (χ3n) is 3.76. The van der Waals surface area contributed by atoms with Crippen molar-refractivity contribution in [2.24, 2.45) is 0 Å². The van der Waals surface area contributed by atoms with Gasteiger partial charge in [0, 0.05) is 26.6 Å². The molecule has 0 saturated carbocycles. The highest BCUT2D eigenvalue weighted by atomic mass is 16.2. The highest BCUT2D eigenvalue weighted by Crippen LogP contribution is 2.22. The molecular formula is C14H15N3O3. The maximum atomic E-state index is 12.2. The van der Waals surface area contributed by atoms with E-state index in [-0.39, 0.29) is 24.3 Å². The Balaban J connectivity index is 1.72. The number of fused-ring (bicyclic) bond motifs is 1. The summed E-state index contributed by atoms with van der Waals surface area (Å²) in [6, 6.07) is 6.79. The molecule has 3 amide bonds. The molecule has 1 aromatic carbocycles. The summed E-state index contributed by atoms with van der Waals surface area (Å²) in [6.45, 7) is 1.25. The highest BCUT2D eigenvalue weighted by molar-refractivity contribution is 6.21. The van der Waals surface area contributed by atoms with E-state index in [4.69, 9.17) is 0 Å². The van der Waals surface area contributed by atoms with Crippen LogP contribution in [0.3, 0.4) is 0 Å².